The van der Waals surface area contributed by atoms with Crippen molar-refractivity contribution in [1.82, 2.24) is 43.2 Å². The lowest BCUT2D eigenvalue weighted by Crippen LogP contribution is -2.06. The minimum atomic E-state index is 0.572. The lowest BCUT2D eigenvalue weighted by Gasteiger charge is -2.12. The van der Waals surface area contributed by atoms with E-state index in [1.54, 1.807) is 0 Å². The van der Waals surface area contributed by atoms with E-state index in [1.165, 1.54) is 43.6 Å². The second-order valence-corrected chi connectivity index (χ2v) is 32.2. The Kier molecular flexibility index (Phi) is 16.7. The monoisotopic (exact) mass is 1610 g/mol. The van der Waals surface area contributed by atoms with Gasteiger partial charge in [-0.1, -0.05) is 291 Å². The molecule has 0 bridgehead atoms. The van der Waals surface area contributed by atoms with Gasteiger partial charge in [0.15, 0.2) is 11.6 Å². The van der Waals surface area contributed by atoms with Crippen LogP contribution in [0.2, 0.25) is 0 Å². The highest BCUT2D eigenvalue weighted by molar-refractivity contribution is 6.19. The molecule has 0 unspecified atom stereocenters. The number of aromatic nitrogens is 9. The molecule has 588 valence electrons. The minimum Gasteiger partial charge on any atom is -0.456 e. The van der Waals surface area contributed by atoms with Crippen LogP contribution in [0.15, 0.2) is 440 Å². The Bertz CT molecular complexity index is 8200. The van der Waals surface area contributed by atoms with E-state index in [2.05, 4.69) is 376 Å². The summed E-state index contributed by atoms with van der Waals surface area (Å²) in [5, 5.41) is 13.8. The van der Waals surface area contributed by atoms with E-state index in [1.807, 2.05) is 72.8 Å². The first kappa shape index (κ1) is 71.7. The normalized spacial score (nSPS) is 11.8. The Morgan fingerprint density at radius 2 is 0.452 bits per heavy atom. The average Bonchev–Trinajstić information content (AvgIpc) is 1.60. The smallest absolute Gasteiger partial charge is 0.238 e. The van der Waals surface area contributed by atoms with E-state index in [4.69, 9.17) is 33.8 Å². The van der Waals surface area contributed by atoms with Crippen LogP contribution in [0, 0.1) is 0 Å². The number of hydrogen-bond donors (Lipinski definition) is 0. The molecule has 0 saturated heterocycles. The van der Waals surface area contributed by atoms with Gasteiger partial charge in [0, 0.05) is 98.3 Å². The molecule has 0 aliphatic heterocycles. The molecule has 0 saturated carbocycles. The molecule has 26 rings (SSSR count). The molecule has 0 fully saturated rings. The fourth-order valence-electron chi connectivity index (χ4n) is 19.2. The highest BCUT2D eigenvalue weighted by Gasteiger charge is 2.25. The molecule has 126 heavy (non-hydrogen) atoms. The van der Waals surface area contributed by atoms with E-state index in [0.717, 1.165) is 177 Å². The van der Waals surface area contributed by atoms with E-state index in [-0.39, 0.29) is 0 Å². The predicted molar refractivity (Wildman–Crippen MR) is 517 cm³/mol. The van der Waals surface area contributed by atoms with Crippen molar-refractivity contribution >= 4 is 131 Å². The third-order valence-electron chi connectivity index (χ3n) is 24.9. The third-order valence-corrected chi connectivity index (χ3v) is 24.9. The van der Waals surface area contributed by atoms with E-state index in [9.17, 15) is 0 Å². The highest BCUT2D eigenvalue weighted by Crippen LogP contribution is 2.47. The van der Waals surface area contributed by atoms with Crippen molar-refractivity contribution in [1.29, 1.82) is 0 Å². The van der Waals surface area contributed by atoms with Gasteiger partial charge in [-0.2, -0.15) is 9.97 Å². The molecule has 0 radical (unpaired) electrons. The molecular weight excluding hydrogens is 1540 g/mol. The Balaban J connectivity index is 0.000000137. The van der Waals surface area contributed by atoms with Crippen molar-refractivity contribution < 1.29 is 8.83 Å². The lowest BCUT2D eigenvalue weighted by atomic mass is 9.96. The van der Waals surface area contributed by atoms with Crippen LogP contribution in [-0.4, -0.2) is 43.2 Å². The molecule has 18 aromatic carbocycles. The van der Waals surface area contributed by atoms with Gasteiger partial charge in [0.2, 0.25) is 11.9 Å². The van der Waals surface area contributed by atoms with Crippen LogP contribution < -0.4 is 0 Å². The molecule has 0 spiro atoms. The van der Waals surface area contributed by atoms with E-state index in [0.29, 0.717) is 23.5 Å². The maximum Gasteiger partial charge on any atom is 0.238 e. The second-order valence-electron chi connectivity index (χ2n) is 32.2. The van der Waals surface area contributed by atoms with E-state index >= 15 is 0 Å². The zero-order valence-electron chi connectivity index (χ0n) is 67.8. The summed E-state index contributed by atoms with van der Waals surface area (Å²) in [6, 6.07) is 152. The Hall–Kier alpha value is -17.2. The third kappa shape index (κ3) is 11.9. The molecule has 0 aliphatic rings. The molecular formula is C115H71N9O2. The van der Waals surface area contributed by atoms with Crippen molar-refractivity contribution in [2.75, 3.05) is 0 Å². The highest BCUT2D eigenvalue weighted by atomic mass is 16.3. The van der Waals surface area contributed by atoms with Crippen LogP contribution in [0.5, 0.6) is 0 Å². The number of para-hydroxylation sites is 6. The first-order valence-electron chi connectivity index (χ1n) is 42.5. The van der Waals surface area contributed by atoms with Crippen LogP contribution in [0.4, 0.5) is 0 Å². The number of nitrogens with zero attached hydrogens (tertiary/aromatic N) is 9. The molecule has 0 amide bonds. The molecule has 0 aliphatic carbocycles. The summed E-state index contributed by atoms with van der Waals surface area (Å²) in [5.41, 5.74) is 29.4. The van der Waals surface area contributed by atoms with Gasteiger partial charge < -0.3 is 18.0 Å². The largest absolute Gasteiger partial charge is 0.456 e. The molecule has 0 atom stereocenters. The first-order valence-corrected chi connectivity index (χ1v) is 42.5. The lowest BCUT2D eigenvalue weighted by molar-refractivity contribution is 0.668. The summed E-state index contributed by atoms with van der Waals surface area (Å²) in [4.78, 5) is 25.7. The van der Waals surface area contributed by atoms with Crippen LogP contribution in [-0.2, 0) is 0 Å². The van der Waals surface area contributed by atoms with Crippen molar-refractivity contribution in [3.8, 4) is 113 Å². The summed E-state index contributed by atoms with van der Waals surface area (Å²) in [5.74, 6) is 2.46. The van der Waals surface area contributed by atoms with Gasteiger partial charge in [-0.15, -0.1) is 0 Å². The van der Waals surface area contributed by atoms with Crippen LogP contribution >= 0.6 is 0 Å². The van der Waals surface area contributed by atoms with Crippen LogP contribution in [0.25, 0.3) is 244 Å². The van der Waals surface area contributed by atoms with Gasteiger partial charge in [-0.05, 0) is 184 Å². The van der Waals surface area contributed by atoms with Gasteiger partial charge in [-0.25, -0.2) is 15.0 Å². The summed E-state index contributed by atoms with van der Waals surface area (Å²) in [7, 11) is 0. The van der Waals surface area contributed by atoms with Gasteiger partial charge >= 0.3 is 0 Å². The molecule has 11 heteroatoms. The fraction of sp³-hybridized carbons (Fsp3) is 0. The Morgan fingerprint density at radius 1 is 0.167 bits per heavy atom. The topological polar surface area (TPSA) is 110 Å². The number of rotatable bonds is 12. The van der Waals surface area contributed by atoms with Crippen molar-refractivity contribution in [2.45, 2.75) is 0 Å². The standard InChI is InChI=1S/C58H36N4O.C57H35N5O/c1-4-15-37(16-5-1)49-36-50(38-17-6-2-7-18-38)60-58(59-49)62-52-25-13-11-22-45(52)46-33-39(27-30-54(46)62)40-29-32-55-48(34-40)57-43(23-14-26-56(57)63-55)41-28-31-53-47(35-41)44-21-10-12-24-51(44)61(53)42-19-8-3-9-20-42;1-4-15-36(16-5-1)55-58-56(37-17-6-2-7-18-37)60-57(59-55)62-49-25-13-11-22-44(49)45-33-38(27-30-51(45)62)39-29-32-52-47(34-39)54-42(23-14-26-53(54)63-52)40-28-31-50-46(35-40)43-21-10-12-24-48(43)61(50)41-19-8-3-9-20-41/h1-36H;1-35H. The Labute approximate surface area is 722 Å². The summed E-state index contributed by atoms with van der Waals surface area (Å²) in [6.45, 7) is 0. The SMILES string of the molecule is c1ccc(-c2cc(-c3ccccc3)nc(-n3c4ccccc4c4cc(-c5ccc6oc7cccc(-c8ccc9c(c8)c8ccccc8n9-c8ccccc8)c7c6c5)ccc43)n2)cc1.c1ccc(-c2nc(-c3ccccc3)nc(-n3c4ccccc4c4cc(-c5ccc6oc7cccc(-c8ccc9c(c8)c8ccccc8n9-c8ccccc8)c7c6c5)ccc43)n2)cc1. The minimum absolute atomic E-state index is 0.572. The zero-order chi connectivity index (χ0) is 82.9. The fourth-order valence-corrected chi connectivity index (χ4v) is 19.2. The maximum absolute atomic E-state index is 6.57. The van der Waals surface area contributed by atoms with Crippen molar-refractivity contribution in [2.24, 2.45) is 0 Å². The summed E-state index contributed by atoms with van der Waals surface area (Å²) < 4.78 is 22.2. The van der Waals surface area contributed by atoms with Gasteiger partial charge in [0.25, 0.3) is 0 Å². The molecule has 26 aromatic rings. The molecule has 8 aromatic heterocycles. The van der Waals surface area contributed by atoms with Crippen molar-refractivity contribution in [3.63, 3.8) is 0 Å². The maximum atomic E-state index is 6.57. The number of furan rings is 2. The second kappa shape index (κ2) is 29.3. The van der Waals surface area contributed by atoms with Gasteiger partial charge in [-0.3, -0.25) is 9.13 Å². The summed E-state index contributed by atoms with van der Waals surface area (Å²) in [6.07, 6.45) is 0. The zero-order valence-corrected chi connectivity index (χ0v) is 67.8. The molecule has 0 N–H and O–H groups in total. The van der Waals surface area contributed by atoms with Crippen LogP contribution in [0.1, 0.15) is 0 Å². The van der Waals surface area contributed by atoms with Crippen molar-refractivity contribution in [3.05, 3.63) is 431 Å². The number of hydrogen-bond acceptors (Lipinski definition) is 7. The number of benzene rings is 18. The quantitative estimate of drug-likeness (QED) is 0.120. The van der Waals surface area contributed by atoms with Crippen LogP contribution in [0.3, 0.4) is 0 Å². The Morgan fingerprint density at radius 3 is 0.833 bits per heavy atom. The first-order chi connectivity index (χ1) is 62.5. The van der Waals surface area contributed by atoms with E-state index < -0.39 is 0 Å². The average molecular weight is 1610 g/mol. The molecule has 11 nitrogen and oxygen atoms in total. The molecule has 8 heterocycles. The van der Waals surface area contributed by atoms with Gasteiger partial charge in [0.05, 0.1) is 55.5 Å². The predicted octanol–water partition coefficient (Wildman–Crippen LogP) is 29.9. The van der Waals surface area contributed by atoms with Gasteiger partial charge in [0.1, 0.15) is 22.3 Å². The number of fused-ring (bicyclic) bond motifs is 18. The summed E-state index contributed by atoms with van der Waals surface area (Å²) >= 11 is 0.